The highest BCUT2D eigenvalue weighted by molar-refractivity contribution is 5.94. The number of hydrogen-bond donors (Lipinski definition) is 2. The number of nitrogens with one attached hydrogen (secondary N) is 1. The van der Waals surface area contributed by atoms with E-state index in [1.54, 1.807) is 7.11 Å². The van der Waals surface area contributed by atoms with Crippen LogP contribution in [-0.4, -0.2) is 32.8 Å². The van der Waals surface area contributed by atoms with Crippen molar-refractivity contribution in [1.29, 1.82) is 0 Å². The molecule has 0 aromatic heterocycles. The summed E-state index contributed by atoms with van der Waals surface area (Å²) in [5.41, 5.74) is 2.83. The van der Waals surface area contributed by atoms with Gasteiger partial charge in [0.1, 0.15) is 19.0 Å². The molecule has 31 heavy (non-hydrogen) atoms. The van der Waals surface area contributed by atoms with Crippen molar-refractivity contribution in [2.75, 3.05) is 32.2 Å². The molecule has 1 amide bonds. The van der Waals surface area contributed by atoms with E-state index in [0.717, 1.165) is 35.6 Å². The molecule has 0 radical (unpaired) electrons. The number of amides is 1. The number of carbonyl (C=O) groups is 1. The molecule has 1 aliphatic rings. The standard InChI is InChI=1S/C25H26N2O4/c1-29-21-9-5-8-20(17-21)27-25(28)24(19-6-3-2-4-7-19)26-13-12-18-10-11-22-23(16-18)31-15-14-30-22/h2-11,16-17,24,26H,12-15H2,1H3,(H,27,28)/p+1/t24-/m1/s1. The van der Waals surface area contributed by atoms with Crippen molar-refractivity contribution in [3.8, 4) is 17.2 Å². The number of quaternary nitrogens is 1. The van der Waals surface area contributed by atoms with Gasteiger partial charge in [-0.05, 0) is 29.8 Å². The van der Waals surface area contributed by atoms with Crippen LogP contribution in [0.1, 0.15) is 17.2 Å². The molecule has 1 atom stereocenters. The molecule has 160 valence electrons. The minimum absolute atomic E-state index is 0.0679. The van der Waals surface area contributed by atoms with Crippen molar-refractivity contribution in [2.24, 2.45) is 0 Å². The van der Waals surface area contributed by atoms with E-state index in [-0.39, 0.29) is 11.9 Å². The van der Waals surface area contributed by atoms with Gasteiger partial charge in [-0.1, -0.05) is 42.5 Å². The number of ether oxygens (including phenoxy) is 3. The molecule has 3 N–H and O–H groups in total. The molecule has 4 rings (SSSR count). The third kappa shape index (κ3) is 5.35. The molecule has 0 saturated carbocycles. The predicted octanol–water partition coefficient (Wildman–Crippen LogP) is 2.95. The number of carbonyl (C=O) groups excluding carboxylic acids is 1. The van der Waals surface area contributed by atoms with Gasteiger partial charge in [-0.25, -0.2) is 0 Å². The Morgan fingerprint density at radius 1 is 1.00 bits per heavy atom. The molecule has 1 aliphatic heterocycles. The summed E-state index contributed by atoms with van der Waals surface area (Å²) in [6.07, 6.45) is 0.812. The van der Waals surface area contributed by atoms with Gasteiger partial charge in [-0.3, -0.25) is 4.79 Å². The van der Waals surface area contributed by atoms with E-state index < -0.39 is 0 Å². The van der Waals surface area contributed by atoms with Gasteiger partial charge in [0.05, 0.1) is 13.7 Å². The molecular weight excluding hydrogens is 392 g/mol. The van der Waals surface area contributed by atoms with Crippen molar-refractivity contribution in [3.05, 3.63) is 83.9 Å². The summed E-state index contributed by atoms with van der Waals surface area (Å²) in [7, 11) is 1.61. The fourth-order valence-electron chi connectivity index (χ4n) is 3.64. The Kier molecular flexibility index (Phi) is 6.69. The first-order chi connectivity index (χ1) is 15.2. The van der Waals surface area contributed by atoms with Crippen molar-refractivity contribution in [2.45, 2.75) is 12.5 Å². The SMILES string of the molecule is COc1cccc(NC(=O)[C@H]([NH2+]CCc2ccc3c(c2)OCCO3)c2ccccc2)c1. The third-order valence-electron chi connectivity index (χ3n) is 5.22. The second-order valence-electron chi connectivity index (χ2n) is 7.36. The smallest absolute Gasteiger partial charge is 0.287 e. The molecule has 0 aliphatic carbocycles. The van der Waals surface area contributed by atoms with Gasteiger partial charge in [0, 0.05) is 23.7 Å². The van der Waals surface area contributed by atoms with Crippen LogP contribution in [0.25, 0.3) is 0 Å². The number of benzene rings is 3. The largest absolute Gasteiger partial charge is 0.497 e. The van der Waals surface area contributed by atoms with E-state index in [9.17, 15) is 4.79 Å². The number of anilines is 1. The second kappa shape index (κ2) is 10.00. The van der Waals surface area contributed by atoms with E-state index in [4.69, 9.17) is 14.2 Å². The van der Waals surface area contributed by atoms with Crippen LogP contribution in [0.15, 0.2) is 72.8 Å². The third-order valence-corrected chi connectivity index (χ3v) is 5.22. The number of hydrogen-bond acceptors (Lipinski definition) is 4. The lowest BCUT2D eigenvalue weighted by Gasteiger charge is -2.19. The summed E-state index contributed by atoms with van der Waals surface area (Å²) in [5.74, 6) is 2.22. The number of rotatable bonds is 8. The lowest BCUT2D eigenvalue weighted by Crippen LogP contribution is -2.87. The van der Waals surface area contributed by atoms with E-state index in [1.807, 2.05) is 66.7 Å². The Morgan fingerprint density at radius 2 is 1.81 bits per heavy atom. The van der Waals surface area contributed by atoms with Crippen LogP contribution < -0.4 is 24.8 Å². The van der Waals surface area contributed by atoms with E-state index in [2.05, 4.69) is 16.7 Å². The van der Waals surface area contributed by atoms with Crippen LogP contribution >= 0.6 is 0 Å². The van der Waals surface area contributed by atoms with Gasteiger partial charge in [0.15, 0.2) is 17.5 Å². The summed E-state index contributed by atoms with van der Waals surface area (Å²) in [6, 6.07) is 22.9. The first kappa shape index (κ1) is 20.8. The van der Waals surface area contributed by atoms with E-state index in [0.29, 0.717) is 24.7 Å². The summed E-state index contributed by atoms with van der Waals surface area (Å²) >= 11 is 0. The molecule has 6 nitrogen and oxygen atoms in total. The van der Waals surface area contributed by atoms with Gasteiger partial charge >= 0.3 is 0 Å². The van der Waals surface area contributed by atoms with Crippen molar-refractivity contribution < 1.29 is 24.3 Å². The van der Waals surface area contributed by atoms with Crippen LogP contribution in [0.2, 0.25) is 0 Å². The highest BCUT2D eigenvalue weighted by Gasteiger charge is 2.24. The highest BCUT2D eigenvalue weighted by atomic mass is 16.6. The highest BCUT2D eigenvalue weighted by Crippen LogP contribution is 2.30. The maximum atomic E-state index is 13.1. The molecule has 1 heterocycles. The second-order valence-corrected chi connectivity index (χ2v) is 7.36. The van der Waals surface area contributed by atoms with Gasteiger partial charge in [0.2, 0.25) is 0 Å². The minimum atomic E-state index is -0.357. The van der Waals surface area contributed by atoms with Gasteiger partial charge in [0.25, 0.3) is 5.91 Å². The van der Waals surface area contributed by atoms with Crippen LogP contribution in [0, 0.1) is 0 Å². The molecule has 0 spiro atoms. The molecule has 3 aromatic carbocycles. The van der Waals surface area contributed by atoms with Crippen LogP contribution in [0.3, 0.4) is 0 Å². The Labute approximate surface area is 182 Å². The number of methoxy groups -OCH3 is 1. The lowest BCUT2D eigenvalue weighted by atomic mass is 10.0. The summed E-state index contributed by atoms with van der Waals surface area (Å²) in [5, 5.41) is 5.09. The fraction of sp³-hybridized carbons (Fsp3) is 0.240. The molecule has 0 saturated heterocycles. The molecular formula is C25H27N2O4+. The average Bonchev–Trinajstić information content (AvgIpc) is 2.82. The Hall–Kier alpha value is -3.51. The lowest BCUT2D eigenvalue weighted by molar-refractivity contribution is -0.682. The van der Waals surface area contributed by atoms with Crippen molar-refractivity contribution in [3.63, 3.8) is 0 Å². The van der Waals surface area contributed by atoms with Gasteiger partial charge in [-0.2, -0.15) is 0 Å². The zero-order valence-corrected chi connectivity index (χ0v) is 17.5. The zero-order valence-electron chi connectivity index (χ0n) is 17.5. The van der Waals surface area contributed by atoms with E-state index in [1.165, 1.54) is 0 Å². The quantitative estimate of drug-likeness (QED) is 0.589. The minimum Gasteiger partial charge on any atom is -0.497 e. The van der Waals surface area contributed by atoms with Crippen LogP contribution in [0.5, 0.6) is 17.2 Å². The summed E-state index contributed by atoms with van der Waals surface area (Å²) in [6.45, 7) is 1.91. The first-order valence-electron chi connectivity index (χ1n) is 10.4. The molecule has 3 aromatic rings. The van der Waals surface area contributed by atoms with Crippen LogP contribution in [-0.2, 0) is 11.2 Å². The first-order valence-corrected chi connectivity index (χ1v) is 10.4. The van der Waals surface area contributed by atoms with Gasteiger partial charge < -0.3 is 24.8 Å². The molecule has 6 heteroatoms. The maximum absolute atomic E-state index is 13.1. The average molecular weight is 420 g/mol. The van der Waals surface area contributed by atoms with Crippen molar-refractivity contribution in [1.82, 2.24) is 0 Å². The topological polar surface area (TPSA) is 73.4 Å². The normalized spacial score (nSPS) is 13.3. The molecule has 0 bridgehead atoms. The van der Waals surface area contributed by atoms with Crippen molar-refractivity contribution >= 4 is 11.6 Å². The van der Waals surface area contributed by atoms with Gasteiger partial charge in [-0.15, -0.1) is 0 Å². The summed E-state index contributed by atoms with van der Waals surface area (Å²) in [4.78, 5) is 13.1. The Balaban J connectivity index is 1.43. The molecule has 0 fully saturated rings. The Bertz CT molecular complexity index is 1020. The van der Waals surface area contributed by atoms with Crippen LogP contribution in [0.4, 0.5) is 5.69 Å². The summed E-state index contributed by atoms with van der Waals surface area (Å²) < 4.78 is 16.5. The number of nitrogens with two attached hydrogens (primary N) is 1. The fourth-order valence-corrected chi connectivity index (χ4v) is 3.64. The molecule has 0 unspecified atom stereocenters. The monoisotopic (exact) mass is 419 g/mol. The van der Waals surface area contributed by atoms with E-state index >= 15 is 0 Å². The maximum Gasteiger partial charge on any atom is 0.287 e. The number of fused-ring (bicyclic) bond motifs is 1. The zero-order chi connectivity index (χ0) is 21.5. The Morgan fingerprint density at radius 3 is 2.61 bits per heavy atom. The predicted molar refractivity (Wildman–Crippen MR) is 119 cm³/mol.